The maximum Gasteiger partial charge on any atom is 0.251 e. The average Bonchev–Trinajstić information content (AvgIpc) is 3.30. The van der Waals surface area contributed by atoms with Gasteiger partial charge in [0, 0.05) is 24.1 Å². The minimum Gasteiger partial charge on any atom is -0.379 e. The number of hydrogen-bond donors (Lipinski definition) is 3. The van der Waals surface area contributed by atoms with Crippen LogP contribution in [-0.4, -0.2) is 45.3 Å². The molecule has 2 heterocycles. The third-order valence-corrected chi connectivity index (χ3v) is 4.50. The normalized spacial score (nSPS) is 11.5. The van der Waals surface area contributed by atoms with E-state index in [0.29, 0.717) is 24.5 Å². The van der Waals surface area contributed by atoms with Crippen LogP contribution in [0.15, 0.2) is 42.5 Å². The first-order chi connectivity index (χ1) is 13.6. The first-order valence-corrected chi connectivity index (χ1v) is 9.45. The summed E-state index contributed by atoms with van der Waals surface area (Å²) in [5.74, 6) is 0.567. The predicted molar refractivity (Wildman–Crippen MR) is 109 cm³/mol. The lowest BCUT2D eigenvalue weighted by Gasteiger charge is -2.08. The van der Waals surface area contributed by atoms with Crippen molar-refractivity contribution in [2.45, 2.75) is 26.4 Å². The van der Waals surface area contributed by atoms with E-state index in [-0.39, 0.29) is 12.0 Å². The number of imidazole rings is 1. The molecule has 0 aliphatic carbocycles. The number of rotatable bonds is 7. The monoisotopic (exact) mass is 377 g/mol. The maximum atomic E-state index is 12.4. The number of amides is 1. The van der Waals surface area contributed by atoms with Gasteiger partial charge in [0.05, 0.1) is 22.7 Å². The number of fused-ring (bicyclic) bond motifs is 2. The molecule has 0 saturated heterocycles. The van der Waals surface area contributed by atoms with Gasteiger partial charge in [-0.2, -0.15) is 5.10 Å². The summed E-state index contributed by atoms with van der Waals surface area (Å²) in [5, 5.41) is 11.3. The van der Waals surface area contributed by atoms with Crippen LogP contribution in [0.25, 0.3) is 33.5 Å². The minimum absolute atomic E-state index is 0.110. The number of benzene rings is 2. The van der Waals surface area contributed by atoms with Crippen molar-refractivity contribution in [3.63, 3.8) is 0 Å². The molecule has 0 unspecified atom stereocenters. The molecule has 144 valence electrons. The first kappa shape index (κ1) is 18.2. The van der Waals surface area contributed by atoms with Crippen molar-refractivity contribution < 1.29 is 9.53 Å². The van der Waals surface area contributed by atoms with Crippen LogP contribution in [0, 0.1) is 0 Å². The maximum absolute atomic E-state index is 12.4. The van der Waals surface area contributed by atoms with Crippen LogP contribution in [0.5, 0.6) is 0 Å². The van der Waals surface area contributed by atoms with E-state index in [2.05, 4.69) is 25.5 Å². The highest BCUT2D eigenvalue weighted by atomic mass is 16.5. The Morgan fingerprint density at radius 1 is 1.18 bits per heavy atom. The number of ether oxygens (including phenoxy) is 1. The third kappa shape index (κ3) is 3.75. The van der Waals surface area contributed by atoms with Gasteiger partial charge in [-0.1, -0.05) is 18.2 Å². The van der Waals surface area contributed by atoms with Crippen molar-refractivity contribution in [3.8, 4) is 11.5 Å². The molecule has 0 atom stereocenters. The smallest absolute Gasteiger partial charge is 0.251 e. The molecule has 4 aromatic rings. The number of aromatic amines is 2. The second-order valence-corrected chi connectivity index (χ2v) is 6.96. The quantitative estimate of drug-likeness (QED) is 0.428. The van der Waals surface area contributed by atoms with Crippen LogP contribution < -0.4 is 5.32 Å². The molecule has 0 saturated carbocycles. The van der Waals surface area contributed by atoms with E-state index in [9.17, 15) is 4.79 Å². The summed E-state index contributed by atoms with van der Waals surface area (Å²) < 4.78 is 5.48. The second-order valence-electron chi connectivity index (χ2n) is 6.96. The molecule has 3 N–H and O–H groups in total. The highest BCUT2D eigenvalue weighted by molar-refractivity contribution is 5.98. The predicted octanol–water partition coefficient (Wildman–Crippen LogP) is 3.65. The van der Waals surface area contributed by atoms with Gasteiger partial charge in [-0.3, -0.25) is 9.89 Å². The fourth-order valence-electron chi connectivity index (χ4n) is 3.10. The highest BCUT2D eigenvalue weighted by Crippen LogP contribution is 2.26. The van der Waals surface area contributed by atoms with Gasteiger partial charge in [0.2, 0.25) is 0 Å². The number of para-hydroxylation sites is 1. The molecule has 7 heteroatoms. The van der Waals surface area contributed by atoms with Crippen LogP contribution in [0.4, 0.5) is 0 Å². The Labute approximate surface area is 162 Å². The van der Waals surface area contributed by atoms with Gasteiger partial charge in [0.1, 0.15) is 5.69 Å². The molecule has 28 heavy (non-hydrogen) atoms. The van der Waals surface area contributed by atoms with Gasteiger partial charge < -0.3 is 15.0 Å². The molecule has 2 aromatic heterocycles. The van der Waals surface area contributed by atoms with Gasteiger partial charge >= 0.3 is 0 Å². The van der Waals surface area contributed by atoms with E-state index >= 15 is 0 Å². The topological polar surface area (TPSA) is 95.7 Å². The number of carbonyl (C=O) groups is 1. The van der Waals surface area contributed by atoms with Gasteiger partial charge in [0.25, 0.3) is 5.91 Å². The van der Waals surface area contributed by atoms with Gasteiger partial charge in [0.15, 0.2) is 5.82 Å². The van der Waals surface area contributed by atoms with Crippen molar-refractivity contribution in [3.05, 3.63) is 48.0 Å². The average molecular weight is 377 g/mol. The Hall–Kier alpha value is -3.19. The van der Waals surface area contributed by atoms with Crippen LogP contribution in [0.1, 0.15) is 30.6 Å². The Balaban J connectivity index is 1.50. The van der Waals surface area contributed by atoms with Crippen molar-refractivity contribution in [1.29, 1.82) is 0 Å². The summed E-state index contributed by atoms with van der Waals surface area (Å²) >= 11 is 0. The van der Waals surface area contributed by atoms with E-state index in [0.717, 1.165) is 34.1 Å². The van der Waals surface area contributed by atoms with E-state index in [4.69, 9.17) is 4.74 Å². The molecule has 0 fully saturated rings. The lowest BCUT2D eigenvalue weighted by molar-refractivity contribution is 0.0757. The molecule has 0 radical (unpaired) electrons. The van der Waals surface area contributed by atoms with E-state index in [1.807, 2.05) is 44.2 Å². The van der Waals surface area contributed by atoms with Crippen LogP contribution in [0.3, 0.4) is 0 Å². The highest BCUT2D eigenvalue weighted by Gasteiger charge is 2.13. The summed E-state index contributed by atoms with van der Waals surface area (Å²) in [7, 11) is 0. The molecular weight excluding hydrogens is 354 g/mol. The van der Waals surface area contributed by atoms with E-state index < -0.39 is 0 Å². The first-order valence-electron chi connectivity index (χ1n) is 9.45. The van der Waals surface area contributed by atoms with Crippen molar-refractivity contribution >= 4 is 27.8 Å². The lowest BCUT2D eigenvalue weighted by atomic mass is 10.2. The summed E-state index contributed by atoms with van der Waals surface area (Å²) in [4.78, 5) is 20.3. The van der Waals surface area contributed by atoms with Crippen LogP contribution in [0.2, 0.25) is 0 Å². The summed E-state index contributed by atoms with van der Waals surface area (Å²) in [6.07, 6.45) is 0.990. The number of nitrogens with zero attached hydrogens (tertiary/aromatic N) is 2. The van der Waals surface area contributed by atoms with Gasteiger partial charge in [-0.05, 0) is 44.5 Å². The number of carbonyl (C=O) groups excluding carboxylic acids is 1. The van der Waals surface area contributed by atoms with E-state index in [1.54, 1.807) is 12.1 Å². The number of aromatic nitrogens is 4. The SMILES string of the molecule is CC(C)OCCCNC(=O)c1ccc2[nH]c(-c3n[nH]c4ccccc34)nc2c1. The van der Waals surface area contributed by atoms with Crippen molar-refractivity contribution in [2.24, 2.45) is 0 Å². The number of nitrogens with one attached hydrogen (secondary N) is 3. The number of hydrogen-bond acceptors (Lipinski definition) is 4. The fourth-order valence-corrected chi connectivity index (χ4v) is 3.10. The standard InChI is InChI=1S/C21H23N5O2/c1-13(2)28-11-5-10-22-21(27)14-8-9-17-18(12-14)24-20(23-17)19-15-6-3-4-7-16(15)25-26-19/h3-4,6-9,12-13H,5,10-11H2,1-2H3,(H,22,27)(H,23,24)(H,25,26). The zero-order chi connectivity index (χ0) is 19.5. The summed E-state index contributed by atoms with van der Waals surface area (Å²) in [6, 6.07) is 13.4. The van der Waals surface area contributed by atoms with Gasteiger partial charge in [-0.15, -0.1) is 0 Å². The third-order valence-electron chi connectivity index (χ3n) is 4.50. The van der Waals surface area contributed by atoms with Crippen LogP contribution >= 0.6 is 0 Å². The van der Waals surface area contributed by atoms with Crippen molar-refractivity contribution in [1.82, 2.24) is 25.5 Å². The molecule has 2 aromatic carbocycles. The van der Waals surface area contributed by atoms with Crippen molar-refractivity contribution in [2.75, 3.05) is 13.2 Å². The zero-order valence-corrected chi connectivity index (χ0v) is 16.0. The molecular formula is C21H23N5O2. The molecule has 1 amide bonds. The van der Waals surface area contributed by atoms with E-state index in [1.165, 1.54) is 0 Å². The Morgan fingerprint density at radius 3 is 2.89 bits per heavy atom. The largest absolute Gasteiger partial charge is 0.379 e. The second kappa shape index (κ2) is 7.82. The molecule has 0 aliphatic heterocycles. The lowest BCUT2D eigenvalue weighted by Crippen LogP contribution is -2.25. The molecule has 0 aliphatic rings. The Kier molecular flexibility index (Phi) is 5.08. The minimum atomic E-state index is -0.110. The fraction of sp³-hybridized carbons (Fsp3) is 0.286. The van der Waals surface area contributed by atoms with Gasteiger partial charge in [-0.25, -0.2) is 4.98 Å². The molecule has 4 rings (SSSR count). The Bertz CT molecular complexity index is 1110. The molecule has 7 nitrogen and oxygen atoms in total. The molecule has 0 spiro atoms. The molecule has 0 bridgehead atoms. The zero-order valence-electron chi connectivity index (χ0n) is 16.0. The van der Waals surface area contributed by atoms with Crippen LogP contribution in [-0.2, 0) is 4.74 Å². The number of H-pyrrole nitrogens is 2. The summed E-state index contributed by atoms with van der Waals surface area (Å²) in [6.45, 7) is 5.21. The Morgan fingerprint density at radius 2 is 2.04 bits per heavy atom. The summed E-state index contributed by atoms with van der Waals surface area (Å²) in [5.41, 5.74) is 3.91.